The molecule has 3 aromatic rings. The molecule has 0 spiro atoms. The van der Waals surface area contributed by atoms with Crippen LogP contribution in [0.2, 0.25) is 5.02 Å². The molecule has 3 amide bonds. The molecule has 2 aromatic carbocycles. The third-order valence-corrected chi connectivity index (χ3v) is 5.36. The van der Waals surface area contributed by atoms with E-state index in [0.29, 0.717) is 20.5 Å². The van der Waals surface area contributed by atoms with Gasteiger partial charge in [-0.1, -0.05) is 23.7 Å². The fraction of sp³-hybridized carbons (Fsp3) is 0.217. The molecular formula is C23H19ClF6N6O3. The fourth-order valence-corrected chi connectivity index (χ4v) is 3.50. The predicted molar refractivity (Wildman–Crippen MR) is 128 cm³/mol. The molecule has 0 saturated heterocycles. The number of alkyl halides is 6. The van der Waals surface area contributed by atoms with Gasteiger partial charge in [-0.25, -0.2) is 18.8 Å². The van der Waals surface area contributed by atoms with E-state index in [0.717, 1.165) is 18.2 Å². The summed E-state index contributed by atoms with van der Waals surface area (Å²) in [5.74, 6) is -1.19. The number of carbonyl (C=O) groups excluding carboxylic acids is 2. The van der Waals surface area contributed by atoms with Crippen molar-refractivity contribution in [2.24, 2.45) is 5.73 Å². The van der Waals surface area contributed by atoms with Crippen molar-refractivity contribution in [3.8, 4) is 11.4 Å². The van der Waals surface area contributed by atoms with E-state index in [1.54, 1.807) is 0 Å². The number of allylic oxidation sites excluding steroid dienone is 1. The van der Waals surface area contributed by atoms with E-state index in [-0.39, 0.29) is 23.0 Å². The molecule has 0 aliphatic heterocycles. The molecule has 1 atom stereocenters. The smallest absolute Gasteiger partial charge is 0.352 e. The van der Waals surface area contributed by atoms with E-state index in [1.807, 2.05) is 0 Å². The van der Waals surface area contributed by atoms with Gasteiger partial charge in [-0.15, -0.1) is 5.10 Å². The maximum absolute atomic E-state index is 13.2. The molecule has 1 heterocycles. The summed E-state index contributed by atoms with van der Waals surface area (Å²) in [6.07, 6.45) is -9.21. The number of halogens is 7. The molecule has 0 aliphatic rings. The average Bonchev–Trinajstić information content (AvgIpc) is 3.14. The summed E-state index contributed by atoms with van der Waals surface area (Å²) in [6.45, 7) is -1.23. The predicted octanol–water partition coefficient (Wildman–Crippen LogP) is 3.94. The van der Waals surface area contributed by atoms with Crippen LogP contribution in [0.25, 0.3) is 17.6 Å². The van der Waals surface area contributed by atoms with Crippen LogP contribution in [0.15, 0.2) is 59.4 Å². The highest BCUT2D eigenvalue weighted by atomic mass is 35.5. The molecule has 1 aromatic heterocycles. The summed E-state index contributed by atoms with van der Waals surface area (Å²) >= 11 is 5.84. The van der Waals surface area contributed by atoms with Crippen molar-refractivity contribution in [3.05, 3.63) is 81.2 Å². The van der Waals surface area contributed by atoms with Crippen molar-refractivity contribution >= 4 is 29.7 Å². The van der Waals surface area contributed by atoms with Crippen LogP contribution in [0.1, 0.15) is 17.2 Å². The third kappa shape index (κ3) is 8.10. The summed E-state index contributed by atoms with van der Waals surface area (Å²) in [7, 11) is 0. The Morgan fingerprint density at radius 2 is 1.74 bits per heavy atom. The molecule has 3 rings (SSSR count). The van der Waals surface area contributed by atoms with Crippen molar-refractivity contribution in [2.75, 3.05) is 6.54 Å². The third-order valence-electron chi connectivity index (χ3n) is 5.11. The molecule has 4 N–H and O–H groups in total. The number of urea groups is 1. The van der Waals surface area contributed by atoms with Gasteiger partial charge in [0.05, 0.1) is 11.6 Å². The lowest BCUT2D eigenvalue weighted by Crippen LogP contribution is -2.41. The summed E-state index contributed by atoms with van der Waals surface area (Å²) in [4.78, 5) is 36.8. The Kier molecular flexibility index (Phi) is 8.74. The van der Waals surface area contributed by atoms with E-state index < -0.39 is 54.7 Å². The van der Waals surface area contributed by atoms with Crippen molar-refractivity contribution < 1.29 is 35.9 Å². The molecule has 0 bridgehead atoms. The first kappa shape index (κ1) is 29.3. The van der Waals surface area contributed by atoms with Gasteiger partial charge in [0.15, 0.2) is 5.82 Å². The van der Waals surface area contributed by atoms with Crippen LogP contribution < -0.4 is 22.1 Å². The molecule has 0 saturated carbocycles. The zero-order valence-electron chi connectivity index (χ0n) is 19.6. The van der Waals surface area contributed by atoms with Gasteiger partial charge in [0.2, 0.25) is 5.91 Å². The Labute approximate surface area is 220 Å². The molecule has 16 heteroatoms. The second kappa shape index (κ2) is 11.6. The van der Waals surface area contributed by atoms with Crippen LogP contribution in [-0.4, -0.2) is 39.0 Å². The van der Waals surface area contributed by atoms with Crippen LogP contribution in [0.4, 0.5) is 31.1 Å². The molecule has 1 unspecified atom stereocenters. The molecule has 39 heavy (non-hydrogen) atoms. The van der Waals surface area contributed by atoms with E-state index in [1.165, 1.54) is 30.3 Å². The number of nitrogens with one attached hydrogen (secondary N) is 2. The Balaban J connectivity index is 1.93. The highest BCUT2D eigenvalue weighted by molar-refractivity contribution is 6.30. The Hall–Kier alpha value is -4.27. The topological polar surface area (TPSA) is 124 Å². The van der Waals surface area contributed by atoms with E-state index >= 15 is 0 Å². The van der Waals surface area contributed by atoms with Gasteiger partial charge in [-0.3, -0.25) is 4.79 Å². The van der Waals surface area contributed by atoms with Crippen molar-refractivity contribution in [2.45, 2.75) is 24.9 Å². The van der Waals surface area contributed by atoms with Crippen molar-refractivity contribution in [1.82, 2.24) is 25.0 Å². The largest absolute Gasteiger partial charge is 0.416 e. The lowest BCUT2D eigenvalue weighted by Gasteiger charge is -2.20. The van der Waals surface area contributed by atoms with Gasteiger partial charge >= 0.3 is 24.1 Å². The summed E-state index contributed by atoms with van der Waals surface area (Å²) in [5.41, 5.74) is 3.08. The van der Waals surface area contributed by atoms with Crippen LogP contribution >= 0.6 is 11.6 Å². The number of hydrogen-bond acceptors (Lipinski definition) is 4. The van der Waals surface area contributed by atoms with Gasteiger partial charge in [-0.05, 0) is 42.0 Å². The second-order valence-electron chi connectivity index (χ2n) is 7.99. The van der Waals surface area contributed by atoms with E-state index in [4.69, 9.17) is 17.3 Å². The maximum Gasteiger partial charge on any atom is 0.416 e. The van der Waals surface area contributed by atoms with Crippen molar-refractivity contribution in [3.63, 3.8) is 0 Å². The first-order valence-corrected chi connectivity index (χ1v) is 11.2. The zero-order chi connectivity index (χ0) is 29.0. The minimum atomic E-state index is -4.76. The lowest BCUT2D eigenvalue weighted by molar-refractivity contribution is -0.137. The highest BCUT2D eigenvalue weighted by Crippen LogP contribution is 2.30. The van der Waals surface area contributed by atoms with Gasteiger partial charge in [0.25, 0.3) is 0 Å². The lowest BCUT2D eigenvalue weighted by atomic mass is 10.0. The molecule has 0 fully saturated rings. The van der Waals surface area contributed by atoms with Gasteiger partial charge in [0, 0.05) is 29.4 Å². The number of amides is 3. The second-order valence-corrected chi connectivity index (χ2v) is 8.42. The number of rotatable bonds is 8. The first-order valence-electron chi connectivity index (χ1n) is 10.9. The van der Waals surface area contributed by atoms with Crippen LogP contribution in [-0.2, 0) is 17.5 Å². The van der Waals surface area contributed by atoms with Gasteiger partial charge in [0.1, 0.15) is 6.54 Å². The number of aromatic nitrogens is 3. The number of hydrogen-bond donors (Lipinski definition) is 3. The quantitative estimate of drug-likeness (QED) is 0.351. The minimum absolute atomic E-state index is 0.0419. The Morgan fingerprint density at radius 3 is 2.33 bits per heavy atom. The van der Waals surface area contributed by atoms with E-state index in [9.17, 15) is 40.7 Å². The minimum Gasteiger partial charge on any atom is -0.352 e. The SMILES string of the molecule is NC(=O)NCC(NC(=O)Cn1nc(-c2ccc(Cl)cc2)n(/C=C/C(F)(F)F)c1=O)c1cccc(C(F)(F)F)c1. The highest BCUT2D eigenvalue weighted by Gasteiger charge is 2.31. The summed E-state index contributed by atoms with van der Waals surface area (Å²) < 4.78 is 79.0. The standard InChI is InChI=1S/C23H19ClF6N6O3/c24-16-6-4-13(5-7-16)19-34-36(21(39)35(19)9-8-22(25,26)27)12-18(37)33-17(11-32-20(31)38)14-2-1-3-15(10-14)23(28,29)30/h1-10,17H,11-12H2,(H,33,37)(H3,31,32,38)/b9-8+. The molecule has 0 radical (unpaired) electrons. The fourth-order valence-electron chi connectivity index (χ4n) is 3.38. The number of nitrogens with zero attached hydrogens (tertiary/aromatic N) is 3. The number of primary amides is 1. The molecule has 9 nitrogen and oxygen atoms in total. The first-order chi connectivity index (χ1) is 18.1. The van der Waals surface area contributed by atoms with Crippen molar-refractivity contribution in [1.29, 1.82) is 0 Å². The Bertz CT molecular complexity index is 1430. The number of nitrogens with two attached hydrogens (primary N) is 1. The van der Waals surface area contributed by atoms with Crippen LogP contribution in [0.3, 0.4) is 0 Å². The average molecular weight is 577 g/mol. The van der Waals surface area contributed by atoms with E-state index in [2.05, 4.69) is 15.7 Å². The van der Waals surface area contributed by atoms with Crippen LogP contribution in [0, 0.1) is 0 Å². The van der Waals surface area contributed by atoms with Gasteiger partial charge in [-0.2, -0.15) is 26.3 Å². The maximum atomic E-state index is 13.2. The zero-order valence-corrected chi connectivity index (χ0v) is 20.3. The normalized spacial score (nSPS) is 12.9. The summed E-state index contributed by atoms with van der Waals surface area (Å²) in [5, 5.41) is 8.82. The molecule has 0 aliphatic carbocycles. The Morgan fingerprint density at radius 1 is 1.08 bits per heavy atom. The number of benzene rings is 2. The van der Waals surface area contributed by atoms with Crippen LogP contribution in [0.5, 0.6) is 0 Å². The number of carbonyl (C=O) groups is 2. The molecule has 208 valence electrons. The molecular weight excluding hydrogens is 558 g/mol. The van der Waals surface area contributed by atoms with Gasteiger partial charge < -0.3 is 16.4 Å². The monoisotopic (exact) mass is 576 g/mol. The summed E-state index contributed by atoms with van der Waals surface area (Å²) in [6, 6.07) is 7.32.